The van der Waals surface area contributed by atoms with Crippen molar-refractivity contribution < 1.29 is 4.74 Å². The standard InChI is InChI=1S/C13H23N3O/c1-5-11(6-2)8-17-13-12(7-14)9(3)10(4)15-16-13/h11H,5-8,14H2,1-4H3. The van der Waals surface area contributed by atoms with E-state index in [4.69, 9.17) is 10.5 Å². The van der Waals surface area contributed by atoms with Gasteiger partial charge in [0, 0.05) is 12.1 Å². The van der Waals surface area contributed by atoms with Crippen LogP contribution in [0.5, 0.6) is 5.88 Å². The average Bonchev–Trinajstić information content (AvgIpc) is 2.35. The van der Waals surface area contributed by atoms with Crippen LogP contribution in [0.3, 0.4) is 0 Å². The SMILES string of the molecule is CCC(CC)COc1nnc(C)c(C)c1CN. The van der Waals surface area contributed by atoms with Crippen molar-refractivity contribution in [3.05, 3.63) is 16.8 Å². The van der Waals surface area contributed by atoms with E-state index >= 15 is 0 Å². The highest BCUT2D eigenvalue weighted by Gasteiger charge is 2.12. The van der Waals surface area contributed by atoms with Crippen molar-refractivity contribution in [3.8, 4) is 5.88 Å². The molecule has 4 nitrogen and oxygen atoms in total. The zero-order valence-electron chi connectivity index (χ0n) is 11.3. The summed E-state index contributed by atoms with van der Waals surface area (Å²) >= 11 is 0. The highest BCUT2D eigenvalue weighted by Crippen LogP contribution is 2.21. The lowest BCUT2D eigenvalue weighted by atomic mass is 10.1. The fourth-order valence-electron chi connectivity index (χ4n) is 1.71. The Hall–Kier alpha value is -1.16. The van der Waals surface area contributed by atoms with E-state index in [2.05, 4.69) is 24.0 Å². The summed E-state index contributed by atoms with van der Waals surface area (Å²) in [6.07, 6.45) is 2.24. The van der Waals surface area contributed by atoms with Gasteiger partial charge in [0.25, 0.3) is 0 Å². The lowest BCUT2D eigenvalue weighted by Gasteiger charge is -2.16. The maximum Gasteiger partial charge on any atom is 0.238 e. The van der Waals surface area contributed by atoms with E-state index in [1.54, 1.807) is 0 Å². The van der Waals surface area contributed by atoms with Crippen LogP contribution in [0.4, 0.5) is 0 Å². The third-order valence-electron chi connectivity index (χ3n) is 3.36. The molecule has 1 aromatic heterocycles. The van der Waals surface area contributed by atoms with Gasteiger partial charge in [-0.1, -0.05) is 26.7 Å². The van der Waals surface area contributed by atoms with Gasteiger partial charge in [-0.15, -0.1) is 5.10 Å². The molecule has 0 amide bonds. The van der Waals surface area contributed by atoms with Gasteiger partial charge in [0.05, 0.1) is 12.3 Å². The Balaban J connectivity index is 2.80. The van der Waals surface area contributed by atoms with Crippen molar-refractivity contribution in [2.75, 3.05) is 6.61 Å². The monoisotopic (exact) mass is 237 g/mol. The van der Waals surface area contributed by atoms with Crippen LogP contribution in [0, 0.1) is 19.8 Å². The third kappa shape index (κ3) is 3.40. The molecule has 17 heavy (non-hydrogen) atoms. The second kappa shape index (κ2) is 6.55. The molecule has 0 aromatic carbocycles. The number of hydrogen-bond acceptors (Lipinski definition) is 4. The number of rotatable bonds is 6. The molecule has 1 rings (SSSR count). The summed E-state index contributed by atoms with van der Waals surface area (Å²) < 4.78 is 5.75. The predicted octanol–water partition coefficient (Wildman–Crippen LogP) is 2.37. The first-order valence-electron chi connectivity index (χ1n) is 6.29. The average molecular weight is 237 g/mol. The first-order valence-corrected chi connectivity index (χ1v) is 6.29. The van der Waals surface area contributed by atoms with E-state index in [0.717, 1.165) is 29.7 Å². The van der Waals surface area contributed by atoms with Crippen LogP contribution in [0.25, 0.3) is 0 Å². The molecule has 0 fully saturated rings. The molecule has 1 heterocycles. The summed E-state index contributed by atoms with van der Waals surface area (Å²) in [6, 6.07) is 0. The van der Waals surface area contributed by atoms with Gasteiger partial charge in [0.2, 0.25) is 5.88 Å². The molecule has 96 valence electrons. The minimum Gasteiger partial charge on any atom is -0.476 e. The van der Waals surface area contributed by atoms with E-state index in [1.807, 2.05) is 13.8 Å². The highest BCUT2D eigenvalue weighted by atomic mass is 16.5. The van der Waals surface area contributed by atoms with Gasteiger partial charge < -0.3 is 10.5 Å². The van der Waals surface area contributed by atoms with Gasteiger partial charge >= 0.3 is 0 Å². The summed E-state index contributed by atoms with van der Waals surface area (Å²) in [5.41, 5.74) is 8.72. The van der Waals surface area contributed by atoms with Crippen LogP contribution < -0.4 is 10.5 Å². The molecule has 0 atom stereocenters. The van der Waals surface area contributed by atoms with Crippen molar-refractivity contribution in [2.24, 2.45) is 11.7 Å². The summed E-state index contributed by atoms with van der Waals surface area (Å²) in [4.78, 5) is 0. The molecule has 0 spiro atoms. The first-order chi connectivity index (χ1) is 8.13. The van der Waals surface area contributed by atoms with Crippen LogP contribution >= 0.6 is 0 Å². The molecule has 0 aliphatic rings. The number of aryl methyl sites for hydroxylation is 1. The summed E-state index contributed by atoms with van der Waals surface area (Å²) in [6.45, 7) is 9.43. The van der Waals surface area contributed by atoms with Crippen LogP contribution in [-0.2, 0) is 6.54 Å². The molecule has 0 aliphatic heterocycles. The Morgan fingerprint density at radius 3 is 2.35 bits per heavy atom. The second-order valence-electron chi connectivity index (χ2n) is 4.39. The van der Waals surface area contributed by atoms with Crippen molar-refractivity contribution in [1.82, 2.24) is 10.2 Å². The molecular formula is C13H23N3O. The Labute approximate surface area is 104 Å². The Morgan fingerprint density at radius 1 is 1.18 bits per heavy atom. The molecule has 1 aromatic rings. The molecule has 0 radical (unpaired) electrons. The summed E-state index contributed by atoms with van der Waals surface area (Å²) in [5, 5.41) is 8.18. The van der Waals surface area contributed by atoms with E-state index in [9.17, 15) is 0 Å². The van der Waals surface area contributed by atoms with Crippen molar-refractivity contribution in [3.63, 3.8) is 0 Å². The number of nitrogens with two attached hydrogens (primary N) is 1. The van der Waals surface area contributed by atoms with Crippen LogP contribution in [0.15, 0.2) is 0 Å². The van der Waals surface area contributed by atoms with Gasteiger partial charge in [0.1, 0.15) is 0 Å². The smallest absolute Gasteiger partial charge is 0.238 e. The van der Waals surface area contributed by atoms with Crippen molar-refractivity contribution >= 4 is 0 Å². The minimum absolute atomic E-state index is 0.445. The van der Waals surface area contributed by atoms with Crippen LogP contribution in [-0.4, -0.2) is 16.8 Å². The van der Waals surface area contributed by atoms with Gasteiger partial charge in [0.15, 0.2) is 0 Å². The largest absolute Gasteiger partial charge is 0.476 e. The fraction of sp³-hybridized carbons (Fsp3) is 0.692. The Bertz CT molecular complexity index is 362. The number of nitrogens with zero attached hydrogens (tertiary/aromatic N) is 2. The maximum atomic E-state index is 5.75. The van der Waals surface area contributed by atoms with Crippen molar-refractivity contribution in [1.29, 1.82) is 0 Å². The van der Waals surface area contributed by atoms with Crippen molar-refractivity contribution in [2.45, 2.75) is 47.1 Å². The zero-order chi connectivity index (χ0) is 12.8. The van der Waals surface area contributed by atoms with Gasteiger partial charge in [-0.25, -0.2) is 0 Å². The molecule has 0 unspecified atom stereocenters. The van der Waals surface area contributed by atoms with Crippen LogP contribution in [0.2, 0.25) is 0 Å². The lowest BCUT2D eigenvalue weighted by molar-refractivity contribution is 0.228. The quantitative estimate of drug-likeness (QED) is 0.825. The van der Waals surface area contributed by atoms with E-state index in [0.29, 0.717) is 24.9 Å². The third-order valence-corrected chi connectivity index (χ3v) is 3.36. The summed E-state index contributed by atoms with van der Waals surface area (Å²) in [5.74, 6) is 1.17. The Kier molecular flexibility index (Phi) is 5.35. The Morgan fingerprint density at radius 2 is 1.82 bits per heavy atom. The zero-order valence-corrected chi connectivity index (χ0v) is 11.3. The van der Waals surface area contributed by atoms with E-state index in [-0.39, 0.29) is 0 Å². The molecule has 0 saturated heterocycles. The molecule has 0 bridgehead atoms. The van der Waals surface area contributed by atoms with Crippen LogP contribution in [0.1, 0.15) is 43.5 Å². The molecule has 0 saturated carbocycles. The minimum atomic E-state index is 0.445. The van der Waals surface area contributed by atoms with Gasteiger partial charge in [-0.2, -0.15) is 5.10 Å². The molecule has 4 heteroatoms. The first kappa shape index (κ1) is 13.9. The number of hydrogen-bond donors (Lipinski definition) is 1. The number of ether oxygens (including phenoxy) is 1. The van der Waals surface area contributed by atoms with Gasteiger partial charge in [-0.3, -0.25) is 0 Å². The lowest BCUT2D eigenvalue weighted by Crippen LogP contribution is -2.15. The number of aromatic nitrogens is 2. The molecule has 0 aliphatic carbocycles. The van der Waals surface area contributed by atoms with Gasteiger partial charge in [-0.05, 0) is 25.3 Å². The fourth-order valence-corrected chi connectivity index (χ4v) is 1.71. The topological polar surface area (TPSA) is 61.0 Å². The molecule has 2 N–H and O–H groups in total. The normalized spacial score (nSPS) is 10.9. The predicted molar refractivity (Wildman–Crippen MR) is 69.0 cm³/mol. The second-order valence-corrected chi connectivity index (χ2v) is 4.39. The van der Waals surface area contributed by atoms with E-state index in [1.165, 1.54) is 0 Å². The molecular weight excluding hydrogens is 214 g/mol. The summed E-state index contributed by atoms with van der Waals surface area (Å²) in [7, 11) is 0. The maximum absolute atomic E-state index is 5.75. The highest BCUT2D eigenvalue weighted by molar-refractivity contribution is 5.34. The van der Waals surface area contributed by atoms with E-state index < -0.39 is 0 Å².